The van der Waals surface area contributed by atoms with Crippen molar-refractivity contribution in [3.8, 4) is 0 Å². The number of anilines is 1. The maximum absolute atomic E-state index is 12.6. The minimum Gasteiger partial charge on any atom is -0.359 e. The number of carbonyl (C=O) groups excluding carboxylic acids is 1. The zero-order chi connectivity index (χ0) is 15.0. The van der Waals surface area contributed by atoms with E-state index in [1.54, 1.807) is 6.07 Å². The van der Waals surface area contributed by atoms with Gasteiger partial charge in [-0.2, -0.15) is 13.2 Å². The van der Waals surface area contributed by atoms with E-state index >= 15 is 0 Å². The van der Waals surface area contributed by atoms with Crippen molar-refractivity contribution < 1.29 is 18.0 Å². The van der Waals surface area contributed by atoms with Crippen LogP contribution in [-0.4, -0.2) is 5.78 Å². The van der Waals surface area contributed by atoms with Gasteiger partial charge in [0.1, 0.15) is 0 Å². The summed E-state index contributed by atoms with van der Waals surface area (Å²) in [7, 11) is 0. The normalized spacial score (nSPS) is 18.6. The van der Waals surface area contributed by atoms with Gasteiger partial charge in [0.05, 0.1) is 5.56 Å². The van der Waals surface area contributed by atoms with Gasteiger partial charge in [-0.25, -0.2) is 0 Å². The summed E-state index contributed by atoms with van der Waals surface area (Å²) >= 11 is 0. The molecule has 2 nitrogen and oxygen atoms in total. The molecule has 0 saturated carbocycles. The summed E-state index contributed by atoms with van der Waals surface area (Å²) in [6, 6.07) is 4.97. The molecule has 0 atom stereocenters. The molecular formula is C15H16F3NO. The van der Waals surface area contributed by atoms with E-state index in [-0.39, 0.29) is 11.2 Å². The lowest BCUT2D eigenvalue weighted by Gasteiger charge is -2.27. The molecule has 1 aromatic carbocycles. The minimum atomic E-state index is -4.36. The Hall–Kier alpha value is -1.78. The number of ketones is 1. The van der Waals surface area contributed by atoms with E-state index in [2.05, 4.69) is 5.32 Å². The van der Waals surface area contributed by atoms with Crippen molar-refractivity contribution in [3.05, 3.63) is 41.6 Å². The molecule has 0 saturated heterocycles. The molecule has 1 aromatic rings. The van der Waals surface area contributed by atoms with Gasteiger partial charge < -0.3 is 5.32 Å². The van der Waals surface area contributed by atoms with Crippen LogP contribution in [0.5, 0.6) is 0 Å². The SMILES string of the molecule is CC1(C)CCC(Nc2cccc(C(F)(F)F)c2)=CC1=O. The second-order valence-corrected chi connectivity index (χ2v) is 5.62. The van der Waals surface area contributed by atoms with E-state index < -0.39 is 11.7 Å². The van der Waals surface area contributed by atoms with Crippen molar-refractivity contribution in [2.75, 3.05) is 5.32 Å². The Kier molecular flexibility index (Phi) is 3.63. The van der Waals surface area contributed by atoms with Crippen molar-refractivity contribution in [2.24, 2.45) is 5.41 Å². The van der Waals surface area contributed by atoms with Crippen LogP contribution in [0.2, 0.25) is 0 Å². The molecule has 2 rings (SSSR count). The summed E-state index contributed by atoms with van der Waals surface area (Å²) in [5.41, 5.74) is -0.0864. The predicted octanol–water partition coefficient (Wildman–Crippen LogP) is 4.39. The van der Waals surface area contributed by atoms with Crippen molar-refractivity contribution >= 4 is 11.5 Å². The summed E-state index contributed by atoms with van der Waals surface area (Å²) in [5, 5.41) is 2.90. The maximum atomic E-state index is 12.6. The van der Waals surface area contributed by atoms with E-state index in [4.69, 9.17) is 0 Å². The molecular weight excluding hydrogens is 267 g/mol. The second-order valence-electron chi connectivity index (χ2n) is 5.62. The lowest BCUT2D eigenvalue weighted by atomic mass is 9.79. The highest BCUT2D eigenvalue weighted by atomic mass is 19.4. The van der Waals surface area contributed by atoms with Gasteiger partial charge in [-0.3, -0.25) is 4.79 Å². The van der Waals surface area contributed by atoms with Crippen LogP contribution in [-0.2, 0) is 11.0 Å². The molecule has 1 N–H and O–H groups in total. The van der Waals surface area contributed by atoms with Crippen LogP contribution < -0.4 is 5.32 Å². The Labute approximate surface area is 115 Å². The van der Waals surface area contributed by atoms with Gasteiger partial charge in [-0.05, 0) is 31.0 Å². The Bertz CT molecular complexity index is 558. The number of halogens is 3. The first kappa shape index (κ1) is 14.6. The first-order chi connectivity index (χ1) is 9.18. The van der Waals surface area contributed by atoms with Gasteiger partial charge in [0.15, 0.2) is 5.78 Å². The van der Waals surface area contributed by atoms with Crippen LogP contribution in [0.1, 0.15) is 32.3 Å². The molecule has 0 heterocycles. The molecule has 0 aliphatic heterocycles. The van der Waals surface area contributed by atoms with Crippen LogP contribution in [0, 0.1) is 5.41 Å². The fourth-order valence-electron chi connectivity index (χ4n) is 2.05. The molecule has 0 aromatic heterocycles. The van der Waals surface area contributed by atoms with E-state index in [1.165, 1.54) is 12.1 Å². The van der Waals surface area contributed by atoms with Gasteiger partial charge in [-0.15, -0.1) is 0 Å². The number of benzene rings is 1. The molecule has 0 unspecified atom stereocenters. The summed E-state index contributed by atoms with van der Waals surface area (Å²) < 4.78 is 37.8. The van der Waals surface area contributed by atoms with Crippen LogP contribution in [0.3, 0.4) is 0 Å². The summed E-state index contributed by atoms with van der Waals surface area (Å²) in [4.78, 5) is 11.8. The van der Waals surface area contributed by atoms with E-state index in [0.29, 0.717) is 24.2 Å². The van der Waals surface area contributed by atoms with Crippen molar-refractivity contribution in [3.63, 3.8) is 0 Å². The molecule has 5 heteroatoms. The summed E-state index contributed by atoms with van der Waals surface area (Å²) in [5.74, 6) is -0.00164. The molecule has 108 valence electrons. The molecule has 0 amide bonds. The Morgan fingerprint density at radius 3 is 2.55 bits per heavy atom. The van der Waals surface area contributed by atoms with Gasteiger partial charge in [-0.1, -0.05) is 19.9 Å². The zero-order valence-corrected chi connectivity index (χ0v) is 11.3. The topological polar surface area (TPSA) is 29.1 Å². The van der Waals surface area contributed by atoms with Gasteiger partial charge in [0.25, 0.3) is 0 Å². The lowest BCUT2D eigenvalue weighted by molar-refractivity contribution is -0.137. The van der Waals surface area contributed by atoms with E-state index in [0.717, 1.165) is 12.1 Å². The number of carbonyl (C=O) groups is 1. The van der Waals surface area contributed by atoms with Crippen LogP contribution in [0.15, 0.2) is 36.0 Å². The molecule has 0 fully saturated rings. The number of alkyl halides is 3. The fraction of sp³-hybridized carbons (Fsp3) is 0.400. The molecule has 20 heavy (non-hydrogen) atoms. The zero-order valence-electron chi connectivity index (χ0n) is 11.3. The standard InChI is InChI=1S/C15H16F3NO/c1-14(2)7-6-12(9-13(14)20)19-11-5-3-4-10(8-11)15(16,17)18/h3-5,8-9,19H,6-7H2,1-2H3. The van der Waals surface area contributed by atoms with Crippen molar-refractivity contribution in [1.82, 2.24) is 0 Å². The molecule has 0 spiro atoms. The quantitative estimate of drug-likeness (QED) is 0.872. The first-order valence-corrected chi connectivity index (χ1v) is 6.38. The van der Waals surface area contributed by atoms with Gasteiger partial charge >= 0.3 is 6.18 Å². The monoisotopic (exact) mass is 283 g/mol. The number of allylic oxidation sites excluding steroid dienone is 2. The number of nitrogens with one attached hydrogen (secondary N) is 1. The Balaban J connectivity index is 2.18. The van der Waals surface area contributed by atoms with Gasteiger partial charge in [0.2, 0.25) is 0 Å². The summed E-state index contributed by atoms with van der Waals surface area (Å²) in [6.07, 6.45) is -1.54. The number of hydrogen-bond acceptors (Lipinski definition) is 2. The third-order valence-corrected chi connectivity index (χ3v) is 3.49. The predicted molar refractivity (Wildman–Crippen MR) is 71.2 cm³/mol. The Morgan fingerprint density at radius 2 is 1.95 bits per heavy atom. The largest absolute Gasteiger partial charge is 0.416 e. The highest BCUT2D eigenvalue weighted by Crippen LogP contribution is 2.34. The Morgan fingerprint density at radius 1 is 1.25 bits per heavy atom. The smallest absolute Gasteiger partial charge is 0.359 e. The third kappa shape index (κ3) is 3.21. The fourth-order valence-corrected chi connectivity index (χ4v) is 2.05. The molecule has 1 aliphatic rings. The molecule has 0 bridgehead atoms. The van der Waals surface area contributed by atoms with Crippen LogP contribution >= 0.6 is 0 Å². The van der Waals surface area contributed by atoms with Gasteiger partial charge in [0, 0.05) is 22.9 Å². The average molecular weight is 283 g/mol. The number of rotatable bonds is 2. The maximum Gasteiger partial charge on any atom is 0.416 e. The van der Waals surface area contributed by atoms with Crippen LogP contribution in [0.25, 0.3) is 0 Å². The average Bonchev–Trinajstić information content (AvgIpc) is 2.34. The third-order valence-electron chi connectivity index (χ3n) is 3.49. The highest BCUT2D eigenvalue weighted by molar-refractivity contribution is 5.96. The minimum absolute atomic E-state index is 0.00164. The number of hydrogen-bond donors (Lipinski definition) is 1. The summed E-state index contributed by atoms with van der Waals surface area (Å²) in [6.45, 7) is 3.74. The van der Waals surface area contributed by atoms with E-state index in [9.17, 15) is 18.0 Å². The second kappa shape index (κ2) is 4.96. The highest BCUT2D eigenvalue weighted by Gasteiger charge is 2.31. The lowest BCUT2D eigenvalue weighted by Crippen LogP contribution is -2.27. The van der Waals surface area contributed by atoms with Crippen molar-refractivity contribution in [2.45, 2.75) is 32.9 Å². The van der Waals surface area contributed by atoms with Crippen molar-refractivity contribution in [1.29, 1.82) is 0 Å². The first-order valence-electron chi connectivity index (χ1n) is 6.38. The molecule has 1 aliphatic carbocycles. The van der Waals surface area contributed by atoms with E-state index in [1.807, 2.05) is 13.8 Å². The van der Waals surface area contributed by atoms with Crippen LogP contribution in [0.4, 0.5) is 18.9 Å². The molecule has 0 radical (unpaired) electrons.